The first-order valence-electron chi connectivity index (χ1n) is 7.48. The number of hydrogen-bond donors (Lipinski definition) is 1. The maximum Gasteiger partial charge on any atom is 0.187 e. The Hall–Kier alpha value is -2.19. The van der Waals surface area contributed by atoms with Gasteiger partial charge in [-0.3, -0.25) is 0 Å². The molecule has 0 amide bonds. The van der Waals surface area contributed by atoms with Crippen LogP contribution in [0.15, 0.2) is 24.3 Å². The fraction of sp³-hybridized carbons (Fsp3) is 0.438. The summed E-state index contributed by atoms with van der Waals surface area (Å²) in [5.74, 6) is 0. The fourth-order valence-corrected chi connectivity index (χ4v) is 3.10. The zero-order valence-electron chi connectivity index (χ0n) is 12.2. The van der Waals surface area contributed by atoms with Crippen LogP contribution >= 0.6 is 0 Å². The third-order valence-electron chi connectivity index (χ3n) is 4.09. The third kappa shape index (κ3) is 2.55. The van der Waals surface area contributed by atoms with Crippen LogP contribution in [-0.4, -0.2) is 35.9 Å². The lowest BCUT2D eigenvalue weighted by molar-refractivity contribution is 0.435. The molecule has 0 spiro atoms. The predicted molar refractivity (Wildman–Crippen MR) is 83.2 cm³/mol. The van der Waals surface area contributed by atoms with Crippen LogP contribution in [0.1, 0.15) is 25.5 Å². The van der Waals surface area contributed by atoms with Crippen LogP contribution in [0.3, 0.4) is 0 Å². The maximum absolute atomic E-state index is 9.43. The molecule has 0 aliphatic carbocycles. The fourth-order valence-electron chi connectivity index (χ4n) is 3.10. The average Bonchev–Trinajstić information content (AvgIpc) is 2.56. The second-order valence-corrected chi connectivity index (χ2v) is 5.31. The van der Waals surface area contributed by atoms with Gasteiger partial charge in [-0.15, -0.1) is 10.2 Å². The number of rotatable bonds is 3. The number of nitrogens with one attached hydrogen (secondary N) is 1. The normalized spacial score (nSPS) is 18.4. The van der Waals surface area contributed by atoms with E-state index in [0.29, 0.717) is 11.7 Å². The summed E-state index contributed by atoms with van der Waals surface area (Å²) in [5.41, 5.74) is 2.19. The number of likely N-dealkylation sites (N-methyl/N-ethyl adjacent to an activating group) is 1. The van der Waals surface area contributed by atoms with Crippen molar-refractivity contribution in [1.29, 1.82) is 5.26 Å². The van der Waals surface area contributed by atoms with Gasteiger partial charge >= 0.3 is 0 Å². The summed E-state index contributed by atoms with van der Waals surface area (Å²) < 4.78 is 0. The standard InChI is InChI=1S/C16H19N5/c1-2-21(12-6-5-9-18-11-12)16-13-7-3-4-8-14(13)19-20-15(16)10-17/h3-4,7-8,12,18H,2,5-6,9,11H2,1H3. The highest BCUT2D eigenvalue weighted by atomic mass is 15.2. The van der Waals surface area contributed by atoms with Gasteiger partial charge in [0.2, 0.25) is 0 Å². The molecule has 2 heterocycles. The summed E-state index contributed by atoms with van der Waals surface area (Å²) in [6, 6.07) is 10.5. The smallest absolute Gasteiger partial charge is 0.187 e. The van der Waals surface area contributed by atoms with Crippen molar-refractivity contribution >= 4 is 16.6 Å². The van der Waals surface area contributed by atoms with E-state index >= 15 is 0 Å². The first kappa shape index (κ1) is 13.8. The second-order valence-electron chi connectivity index (χ2n) is 5.31. The summed E-state index contributed by atoms with van der Waals surface area (Å²) in [4.78, 5) is 2.31. The summed E-state index contributed by atoms with van der Waals surface area (Å²) in [5, 5.41) is 22.2. The first-order chi connectivity index (χ1) is 10.3. The molecule has 0 radical (unpaired) electrons. The molecule has 1 aromatic heterocycles. The average molecular weight is 281 g/mol. The van der Waals surface area contributed by atoms with E-state index in [0.717, 1.165) is 42.6 Å². The zero-order valence-corrected chi connectivity index (χ0v) is 12.2. The van der Waals surface area contributed by atoms with E-state index in [1.54, 1.807) is 0 Å². The second kappa shape index (κ2) is 6.06. The van der Waals surface area contributed by atoms with Gasteiger partial charge in [0.1, 0.15) is 6.07 Å². The van der Waals surface area contributed by atoms with Crippen LogP contribution in [0.5, 0.6) is 0 Å². The topological polar surface area (TPSA) is 64.8 Å². The molecule has 1 aromatic carbocycles. The minimum Gasteiger partial charge on any atom is -0.365 e. The van der Waals surface area contributed by atoms with Gasteiger partial charge in [0.05, 0.1) is 11.2 Å². The minimum absolute atomic E-state index is 0.406. The molecule has 1 aliphatic rings. The first-order valence-corrected chi connectivity index (χ1v) is 7.48. The van der Waals surface area contributed by atoms with Crippen molar-refractivity contribution in [2.75, 3.05) is 24.5 Å². The Morgan fingerprint density at radius 2 is 2.24 bits per heavy atom. The van der Waals surface area contributed by atoms with Crippen molar-refractivity contribution in [2.24, 2.45) is 0 Å². The van der Waals surface area contributed by atoms with E-state index in [2.05, 4.69) is 33.4 Å². The van der Waals surface area contributed by atoms with E-state index in [1.165, 1.54) is 6.42 Å². The van der Waals surface area contributed by atoms with E-state index in [1.807, 2.05) is 24.3 Å². The van der Waals surface area contributed by atoms with Gasteiger partial charge in [0.15, 0.2) is 5.69 Å². The Morgan fingerprint density at radius 1 is 1.38 bits per heavy atom. The number of anilines is 1. The molecular formula is C16H19N5. The molecule has 21 heavy (non-hydrogen) atoms. The predicted octanol–water partition coefficient (Wildman–Crippen LogP) is 2.08. The zero-order chi connectivity index (χ0) is 14.7. The van der Waals surface area contributed by atoms with Crippen LogP contribution in [-0.2, 0) is 0 Å². The Labute approximate surface area is 124 Å². The SMILES string of the molecule is CCN(c1c(C#N)nnc2ccccc12)C1CCCNC1. The molecular weight excluding hydrogens is 262 g/mol. The van der Waals surface area contributed by atoms with Gasteiger partial charge in [-0.25, -0.2) is 0 Å². The van der Waals surface area contributed by atoms with Gasteiger partial charge < -0.3 is 10.2 Å². The number of benzene rings is 1. The van der Waals surface area contributed by atoms with Crippen molar-refractivity contribution in [2.45, 2.75) is 25.8 Å². The van der Waals surface area contributed by atoms with Gasteiger partial charge in [-0.05, 0) is 32.4 Å². The third-order valence-corrected chi connectivity index (χ3v) is 4.09. The Bertz CT molecular complexity index is 670. The monoisotopic (exact) mass is 281 g/mol. The molecule has 5 nitrogen and oxygen atoms in total. The number of hydrogen-bond acceptors (Lipinski definition) is 5. The lowest BCUT2D eigenvalue weighted by Crippen LogP contribution is -2.46. The van der Waals surface area contributed by atoms with Crippen molar-refractivity contribution in [1.82, 2.24) is 15.5 Å². The van der Waals surface area contributed by atoms with E-state index in [4.69, 9.17) is 0 Å². The molecule has 1 atom stereocenters. The van der Waals surface area contributed by atoms with Crippen LogP contribution in [0, 0.1) is 11.3 Å². The highest BCUT2D eigenvalue weighted by molar-refractivity contribution is 5.93. The lowest BCUT2D eigenvalue weighted by atomic mass is 10.0. The number of nitrogens with zero attached hydrogens (tertiary/aromatic N) is 4. The minimum atomic E-state index is 0.406. The summed E-state index contributed by atoms with van der Waals surface area (Å²) in [6.45, 7) is 5.02. The van der Waals surface area contributed by atoms with Crippen molar-refractivity contribution in [3.8, 4) is 6.07 Å². The van der Waals surface area contributed by atoms with Gasteiger partial charge in [0.25, 0.3) is 0 Å². The number of fused-ring (bicyclic) bond motifs is 1. The van der Waals surface area contributed by atoms with E-state index in [-0.39, 0.29) is 0 Å². The number of piperidine rings is 1. The van der Waals surface area contributed by atoms with Crippen LogP contribution in [0.25, 0.3) is 10.9 Å². The van der Waals surface area contributed by atoms with Crippen molar-refractivity contribution < 1.29 is 0 Å². The molecule has 5 heteroatoms. The largest absolute Gasteiger partial charge is 0.365 e. The molecule has 1 saturated heterocycles. The molecule has 0 bridgehead atoms. The van der Waals surface area contributed by atoms with Gasteiger partial charge in [-0.2, -0.15) is 5.26 Å². The van der Waals surface area contributed by atoms with Gasteiger partial charge in [0, 0.05) is 24.5 Å². The molecule has 1 fully saturated rings. The quantitative estimate of drug-likeness (QED) is 0.933. The van der Waals surface area contributed by atoms with Crippen molar-refractivity contribution in [3.05, 3.63) is 30.0 Å². The Kier molecular flexibility index (Phi) is 3.98. The van der Waals surface area contributed by atoms with Crippen LogP contribution < -0.4 is 10.2 Å². The highest BCUT2D eigenvalue weighted by Crippen LogP contribution is 2.30. The lowest BCUT2D eigenvalue weighted by Gasteiger charge is -2.36. The Balaban J connectivity index is 2.13. The maximum atomic E-state index is 9.43. The van der Waals surface area contributed by atoms with Crippen LogP contribution in [0.2, 0.25) is 0 Å². The van der Waals surface area contributed by atoms with E-state index < -0.39 is 0 Å². The molecule has 0 saturated carbocycles. The Morgan fingerprint density at radius 3 is 2.95 bits per heavy atom. The van der Waals surface area contributed by atoms with Crippen molar-refractivity contribution in [3.63, 3.8) is 0 Å². The number of aromatic nitrogens is 2. The summed E-state index contributed by atoms with van der Waals surface area (Å²) in [6.07, 6.45) is 2.31. The van der Waals surface area contributed by atoms with Gasteiger partial charge in [-0.1, -0.05) is 18.2 Å². The van der Waals surface area contributed by atoms with E-state index in [9.17, 15) is 5.26 Å². The molecule has 3 rings (SSSR count). The molecule has 2 aromatic rings. The molecule has 108 valence electrons. The number of nitriles is 1. The molecule has 1 N–H and O–H groups in total. The van der Waals surface area contributed by atoms with Crippen LogP contribution in [0.4, 0.5) is 5.69 Å². The molecule has 1 unspecified atom stereocenters. The summed E-state index contributed by atoms with van der Waals surface area (Å²) in [7, 11) is 0. The summed E-state index contributed by atoms with van der Waals surface area (Å²) >= 11 is 0. The molecule has 1 aliphatic heterocycles. The highest BCUT2D eigenvalue weighted by Gasteiger charge is 2.24.